The van der Waals surface area contributed by atoms with Crippen molar-refractivity contribution in [3.63, 3.8) is 0 Å². The zero-order valence-corrected chi connectivity index (χ0v) is 14.6. The Kier molecular flexibility index (Phi) is 5.17. The molecule has 10 heteroatoms. The van der Waals surface area contributed by atoms with Crippen molar-refractivity contribution in [1.29, 1.82) is 0 Å². The second-order valence-electron chi connectivity index (χ2n) is 4.95. The number of carbonyl (C=O) groups excluding carboxylic acids is 1. The van der Waals surface area contributed by atoms with Crippen LogP contribution < -0.4 is 5.32 Å². The Balaban J connectivity index is 1.71. The highest BCUT2D eigenvalue weighted by Gasteiger charge is 2.12. The van der Waals surface area contributed by atoms with Gasteiger partial charge in [-0.15, -0.1) is 10.2 Å². The fraction of sp³-hybridized carbons (Fsp3) is 0.0667. The molecule has 3 rings (SSSR count). The summed E-state index contributed by atoms with van der Waals surface area (Å²) in [6.07, 6.45) is 0. The molecule has 1 N–H and O–H groups in total. The first-order valence-electron chi connectivity index (χ1n) is 6.90. The zero-order valence-electron chi connectivity index (χ0n) is 12.4. The first-order valence-corrected chi connectivity index (χ1v) is 8.04. The topological polar surface area (TPSA) is 72.7 Å². The van der Waals surface area contributed by atoms with Crippen LogP contribution in [0.1, 0.15) is 0 Å². The summed E-state index contributed by atoms with van der Waals surface area (Å²) in [4.78, 5) is 13.2. The van der Waals surface area contributed by atoms with Gasteiger partial charge in [0.05, 0.1) is 20.8 Å². The molecule has 1 aromatic heterocycles. The Labute approximate surface area is 156 Å². The van der Waals surface area contributed by atoms with Crippen molar-refractivity contribution in [3.8, 4) is 11.4 Å². The maximum Gasteiger partial charge on any atom is 0.248 e. The maximum absolute atomic E-state index is 13.2. The van der Waals surface area contributed by atoms with E-state index in [1.54, 1.807) is 6.07 Å². The summed E-state index contributed by atoms with van der Waals surface area (Å²) >= 11 is 17.7. The van der Waals surface area contributed by atoms with Crippen molar-refractivity contribution < 1.29 is 9.18 Å². The first-order chi connectivity index (χ1) is 11.9. The summed E-state index contributed by atoms with van der Waals surface area (Å²) in [5.74, 6) is -0.649. The number of anilines is 1. The van der Waals surface area contributed by atoms with Crippen molar-refractivity contribution in [1.82, 2.24) is 20.2 Å². The van der Waals surface area contributed by atoms with E-state index in [9.17, 15) is 9.18 Å². The van der Waals surface area contributed by atoms with Crippen LogP contribution in [0.2, 0.25) is 15.1 Å². The largest absolute Gasteiger partial charge is 0.323 e. The van der Waals surface area contributed by atoms with Crippen molar-refractivity contribution in [2.45, 2.75) is 6.54 Å². The predicted molar refractivity (Wildman–Crippen MR) is 93.3 cm³/mol. The summed E-state index contributed by atoms with van der Waals surface area (Å²) in [5.41, 5.74) is 0.769. The van der Waals surface area contributed by atoms with Crippen LogP contribution in [-0.2, 0) is 11.3 Å². The fourth-order valence-electron chi connectivity index (χ4n) is 1.99. The third-order valence-electron chi connectivity index (χ3n) is 3.10. The highest BCUT2D eigenvalue weighted by atomic mass is 35.5. The standard InChI is InChI=1S/C15H9Cl3FN5O/c16-10-5-12(18)13(6-11(10)17)20-14(25)7-24-22-15(21-23-24)8-2-1-3-9(19)4-8/h1-6H,7H2,(H,20,25). The predicted octanol–water partition coefficient (Wildman–Crippen LogP) is 4.08. The number of rotatable bonds is 4. The van der Waals surface area contributed by atoms with Gasteiger partial charge in [-0.2, -0.15) is 4.80 Å². The summed E-state index contributed by atoms with van der Waals surface area (Å²) in [7, 11) is 0. The summed E-state index contributed by atoms with van der Waals surface area (Å²) in [6.45, 7) is -0.209. The molecule has 1 heterocycles. The molecule has 0 atom stereocenters. The van der Waals surface area contributed by atoms with E-state index in [-0.39, 0.29) is 27.4 Å². The molecule has 0 radical (unpaired) electrons. The van der Waals surface area contributed by atoms with Crippen LogP contribution in [0, 0.1) is 5.82 Å². The van der Waals surface area contributed by atoms with Gasteiger partial charge in [0.2, 0.25) is 11.7 Å². The second kappa shape index (κ2) is 7.35. The molecule has 2 aromatic carbocycles. The number of hydrogen-bond acceptors (Lipinski definition) is 4. The Hall–Kier alpha value is -2.22. The van der Waals surface area contributed by atoms with Gasteiger partial charge in [0, 0.05) is 5.56 Å². The van der Waals surface area contributed by atoms with E-state index in [1.165, 1.54) is 30.3 Å². The third-order valence-corrected chi connectivity index (χ3v) is 4.14. The lowest BCUT2D eigenvalue weighted by Crippen LogP contribution is -2.20. The quantitative estimate of drug-likeness (QED) is 0.670. The smallest absolute Gasteiger partial charge is 0.248 e. The van der Waals surface area contributed by atoms with Crippen LogP contribution >= 0.6 is 34.8 Å². The monoisotopic (exact) mass is 399 g/mol. The van der Waals surface area contributed by atoms with E-state index in [1.807, 2.05) is 0 Å². The lowest BCUT2D eigenvalue weighted by molar-refractivity contribution is -0.117. The minimum atomic E-state index is -0.441. The number of aromatic nitrogens is 4. The molecule has 1 amide bonds. The minimum Gasteiger partial charge on any atom is -0.323 e. The van der Waals surface area contributed by atoms with Crippen molar-refractivity contribution in [2.24, 2.45) is 0 Å². The Morgan fingerprint density at radius 3 is 2.64 bits per heavy atom. The van der Waals surface area contributed by atoms with E-state index in [4.69, 9.17) is 34.8 Å². The van der Waals surface area contributed by atoms with Gasteiger partial charge in [-0.25, -0.2) is 4.39 Å². The SMILES string of the molecule is O=C(Cn1nnc(-c2cccc(F)c2)n1)Nc1cc(Cl)c(Cl)cc1Cl. The fourth-order valence-corrected chi connectivity index (χ4v) is 2.58. The third kappa shape index (κ3) is 4.25. The van der Waals surface area contributed by atoms with Gasteiger partial charge in [0.15, 0.2) is 0 Å². The summed E-state index contributed by atoms with van der Waals surface area (Å²) in [5, 5.41) is 15.0. The summed E-state index contributed by atoms with van der Waals surface area (Å²) in [6, 6.07) is 8.62. The molecule has 0 bridgehead atoms. The minimum absolute atomic E-state index is 0.208. The number of hydrogen-bond donors (Lipinski definition) is 1. The van der Waals surface area contributed by atoms with Crippen molar-refractivity contribution >= 4 is 46.4 Å². The highest BCUT2D eigenvalue weighted by molar-refractivity contribution is 6.44. The Morgan fingerprint density at radius 2 is 1.88 bits per heavy atom. The van der Waals surface area contributed by atoms with Gasteiger partial charge in [0.1, 0.15) is 12.4 Å². The molecular formula is C15H9Cl3FN5O. The van der Waals surface area contributed by atoms with Gasteiger partial charge in [-0.05, 0) is 29.5 Å². The van der Waals surface area contributed by atoms with Gasteiger partial charge >= 0.3 is 0 Å². The molecule has 3 aromatic rings. The molecule has 0 aliphatic carbocycles. The number of tetrazole rings is 1. The highest BCUT2D eigenvalue weighted by Crippen LogP contribution is 2.32. The van der Waals surface area contributed by atoms with E-state index >= 15 is 0 Å². The van der Waals surface area contributed by atoms with E-state index in [0.29, 0.717) is 11.3 Å². The van der Waals surface area contributed by atoms with Crippen LogP contribution in [0.25, 0.3) is 11.4 Å². The average Bonchev–Trinajstić information content (AvgIpc) is 3.01. The molecule has 0 spiro atoms. The van der Waals surface area contributed by atoms with Crippen LogP contribution in [0.5, 0.6) is 0 Å². The number of benzene rings is 2. The molecule has 0 saturated heterocycles. The molecule has 0 aliphatic rings. The van der Waals surface area contributed by atoms with Crippen LogP contribution in [-0.4, -0.2) is 26.1 Å². The first kappa shape index (κ1) is 17.6. The normalized spacial score (nSPS) is 10.7. The van der Waals surface area contributed by atoms with E-state index < -0.39 is 11.7 Å². The molecule has 0 aliphatic heterocycles. The number of carbonyl (C=O) groups is 1. The number of amides is 1. The molecular weight excluding hydrogens is 392 g/mol. The molecule has 0 unspecified atom stereocenters. The molecule has 128 valence electrons. The number of nitrogens with one attached hydrogen (secondary N) is 1. The van der Waals surface area contributed by atoms with Crippen LogP contribution in [0.3, 0.4) is 0 Å². The maximum atomic E-state index is 13.2. The molecule has 25 heavy (non-hydrogen) atoms. The molecule has 6 nitrogen and oxygen atoms in total. The van der Waals surface area contributed by atoms with E-state index in [2.05, 4.69) is 20.7 Å². The van der Waals surface area contributed by atoms with Gasteiger partial charge in [-0.3, -0.25) is 4.79 Å². The van der Waals surface area contributed by atoms with E-state index in [0.717, 1.165) is 4.80 Å². The lowest BCUT2D eigenvalue weighted by Gasteiger charge is -2.08. The summed E-state index contributed by atoms with van der Waals surface area (Å²) < 4.78 is 13.2. The second-order valence-corrected chi connectivity index (χ2v) is 6.17. The van der Waals surface area contributed by atoms with Crippen molar-refractivity contribution in [3.05, 3.63) is 57.3 Å². The van der Waals surface area contributed by atoms with Crippen molar-refractivity contribution in [2.75, 3.05) is 5.32 Å². The Bertz CT molecular complexity index is 947. The van der Waals surface area contributed by atoms with Gasteiger partial charge in [-0.1, -0.05) is 46.9 Å². The molecule has 0 fully saturated rings. The lowest BCUT2D eigenvalue weighted by atomic mass is 10.2. The number of halogens is 4. The average molecular weight is 401 g/mol. The Morgan fingerprint density at radius 1 is 1.12 bits per heavy atom. The zero-order chi connectivity index (χ0) is 18.0. The van der Waals surface area contributed by atoms with Crippen LogP contribution in [0.15, 0.2) is 36.4 Å². The van der Waals surface area contributed by atoms with Crippen LogP contribution in [0.4, 0.5) is 10.1 Å². The molecule has 0 saturated carbocycles. The number of nitrogens with zero attached hydrogens (tertiary/aromatic N) is 4. The van der Waals surface area contributed by atoms with Gasteiger partial charge in [0.25, 0.3) is 0 Å². The van der Waals surface area contributed by atoms with Gasteiger partial charge < -0.3 is 5.32 Å².